The Bertz CT molecular complexity index is 2770. The van der Waals surface area contributed by atoms with Crippen molar-refractivity contribution in [2.45, 2.75) is 291 Å². The number of unbranched alkanes of at least 4 members (excludes halogenated alkanes) is 3. The van der Waals surface area contributed by atoms with Crippen molar-refractivity contribution in [1.29, 1.82) is 0 Å². The van der Waals surface area contributed by atoms with Gasteiger partial charge in [0.25, 0.3) is 0 Å². The zero-order valence-corrected chi connectivity index (χ0v) is 69.6. The summed E-state index contributed by atoms with van der Waals surface area (Å²) in [6.45, 7) is 36.8. The predicted molar refractivity (Wildman–Crippen MR) is 507 cm³/mol. The van der Waals surface area contributed by atoms with Gasteiger partial charge in [0.2, 0.25) is 5.91 Å². The molecule has 0 aromatic carbocycles. The van der Waals surface area contributed by atoms with Gasteiger partial charge in [0.05, 0.1) is 31.5 Å². The highest BCUT2D eigenvalue weighted by Crippen LogP contribution is 2.05. The molecule has 2 atom stereocenters. The minimum Gasteiger partial charge on any atom is -0.481 e. The van der Waals surface area contributed by atoms with Crippen LogP contribution in [-0.2, 0) is 71.9 Å². The summed E-state index contributed by atoms with van der Waals surface area (Å²) in [6, 6.07) is 0. The molecule has 0 radical (unpaired) electrons. The summed E-state index contributed by atoms with van der Waals surface area (Å²) in [4.78, 5) is 145. The van der Waals surface area contributed by atoms with Crippen molar-refractivity contribution in [1.82, 2.24) is 5.32 Å². The lowest BCUT2D eigenvalue weighted by Gasteiger charge is -2.11. The number of carboxylic acids is 1. The number of aliphatic carboxylic acids is 1. The summed E-state index contributed by atoms with van der Waals surface area (Å²) < 4.78 is 254. The van der Waals surface area contributed by atoms with Gasteiger partial charge in [-0.1, -0.05) is 186 Å². The molecular weight excluding hydrogens is 1370 g/mol. The summed E-state index contributed by atoms with van der Waals surface area (Å²) in [7, 11) is 0. The molecule has 0 saturated heterocycles. The van der Waals surface area contributed by atoms with Crippen LogP contribution in [0.4, 0.5) is 0 Å². The molecule has 0 fully saturated rings. The number of ether oxygens (including phenoxy) is 1. The van der Waals surface area contributed by atoms with E-state index in [0.717, 1.165) is 76.9 Å². The summed E-state index contributed by atoms with van der Waals surface area (Å²) in [5.74, 6) is -0.981. The van der Waals surface area contributed by atoms with E-state index < -0.39 is 42.5 Å². The fourth-order valence-corrected chi connectivity index (χ4v) is 6.34. The molecule has 0 aliphatic rings. The maximum Gasteiger partial charge on any atom is 0.313 e. The number of aldehydes is 1. The zero-order valence-electron chi connectivity index (χ0n) is 120. The first-order chi connectivity index (χ1) is 75.9. The van der Waals surface area contributed by atoms with Crippen LogP contribution in [0.15, 0.2) is 158 Å². The average molecular weight is 1640 g/mol. The average Bonchev–Trinajstić information content (AvgIpc) is 0.985. The topological polar surface area (TPSA) is 341 Å². The maximum absolute atomic E-state index is 11.4. The van der Waals surface area contributed by atoms with E-state index in [4.69, 9.17) is 84.5 Å². The van der Waals surface area contributed by atoms with Crippen LogP contribution in [0.2, 0.25) is 0 Å². The van der Waals surface area contributed by atoms with Crippen LogP contribution in [0.3, 0.4) is 0 Å². The van der Waals surface area contributed by atoms with E-state index >= 15 is 0 Å². The number of ketones is 9. The number of nitrogens with one attached hydrogen (secondary N) is 1. The molecule has 676 valence electrons. The second-order valence-electron chi connectivity index (χ2n) is 24.1. The summed E-state index contributed by atoms with van der Waals surface area (Å²) in [5.41, 5.74) is 0. The Balaban J connectivity index is -0.0000000249. The Morgan fingerprint density at radius 3 is 1.06 bits per heavy atom. The third-order valence-corrected chi connectivity index (χ3v) is 11.4. The lowest BCUT2D eigenvalue weighted by Crippen LogP contribution is -2.30. The lowest BCUT2D eigenvalue weighted by molar-refractivity contribution is -0.158. The van der Waals surface area contributed by atoms with Crippen LogP contribution in [0, 0.1) is 12.8 Å². The molecule has 1 amide bonds. The highest BCUT2D eigenvalue weighted by Gasteiger charge is 2.10. The van der Waals surface area contributed by atoms with E-state index in [0.29, 0.717) is 62.6 Å². The highest BCUT2D eigenvalue weighted by atomic mass is 16.6. The van der Waals surface area contributed by atoms with Gasteiger partial charge in [0, 0.05) is 140 Å². The van der Waals surface area contributed by atoms with E-state index in [9.17, 15) is 77.3 Å². The first-order valence-corrected chi connectivity index (χ1v) is 37.1. The number of esters is 2. The first kappa shape index (κ1) is 74.7. The van der Waals surface area contributed by atoms with Gasteiger partial charge in [0.1, 0.15) is 59.2 Å². The molecule has 0 aliphatic carbocycles. The van der Waals surface area contributed by atoms with Crippen molar-refractivity contribution in [3.05, 3.63) is 165 Å². The molecule has 0 aromatic rings. The van der Waals surface area contributed by atoms with Gasteiger partial charge in [-0.3, -0.25) is 47.9 Å². The maximum atomic E-state index is 11.4. The number of carboxylic acid groups (broad SMARTS) is 1. The van der Waals surface area contributed by atoms with E-state index in [2.05, 4.69) is 23.9 Å². The number of carbonyl (C=O) groups excluding carboxylic acids is 13. The molecule has 0 heterocycles. The third kappa shape index (κ3) is 177. The Labute approximate surface area is 736 Å². The lowest BCUT2D eigenvalue weighted by atomic mass is 10.1. The minimum absolute atomic E-state index is 0. The first-order valence-electron chi connectivity index (χ1n) is 62.1. The second-order valence-corrected chi connectivity index (χ2v) is 24.1. The second kappa shape index (κ2) is 107. The number of aliphatic hydroxyl groups is 3. The van der Waals surface area contributed by atoms with Crippen molar-refractivity contribution in [3.63, 3.8) is 0 Å². The zero-order chi connectivity index (χ0) is 135. The smallest absolute Gasteiger partial charge is 0.313 e. The molecule has 0 rings (SSSR count). The molecule has 5 N–H and O–H groups in total. The Kier molecular flexibility index (Phi) is 74.0. The molecule has 108 heavy (non-hydrogen) atoms. The molecule has 0 bridgehead atoms. The van der Waals surface area contributed by atoms with Crippen LogP contribution >= 0.6 is 0 Å². The fraction of sp³-hybridized carbons (Fsp3) is 0.534. The molecular formula is C88H204NO19-. The largest absolute Gasteiger partial charge is 0.481 e. The number of hydrogen-bond acceptors (Lipinski definition) is 18. The quantitative estimate of drug-likeness (QED) is 0.00720. The minimum atomic E-state index is -0.745. The molecule has 0 saturated carbocycles. The normalized spacial score (nSPS) is 13.0. The standard InChI is InChI=1S/C14H25NO2.C11H18O2.C11H16O2.C10H14O3.C9H14O.C8H12O2.C7H13O.C6H12O.C5H8O3.C4H6O.C3H6O.30H2/c1-4-5-6-7-8-9-13(16)10-14(17)15-11-12(2)3;2*1-3-4-5-6-7-8-11(13)9-10(2)12;1-3-4-5-6-7-8-10(12)13-9(2)11;1-3-4-5-6-7-8-9(2)10;1-2-3-4-5-6-7-8(9)10;1-3-4-5-6-7(2)8;1-3-4-5-6(2)7;1-4(7)2-5(8)3-6;1-2-3-4-5;1-3(2)4;;;;;;;;;;;;;;;;;;;;;;;;;;;;;;/h4-7,12-13,16H,8-11H2,1-3H3,(H,15,17);3-6,11,13H,7-9H2,1-2H3;3-6H,7-9H2,1-2H3;3-6H,7-8H2,1-2H3;3-6H,7-8H2,1-2H3;2-5H,6-7H2,1H3,(H,9,10);1,3-6H2,2H3;3-5H2,1-2H3;6H,2-3H2,1H3;2-4H,1H3;1-2H3;30*1H/q;;;;;;-1;;;;;;;;;;;;;;;;;;;;;;;;;;;;;;;;;;/b5-4+,7-6-;4*4-3+,6-5-;3-2+,5-4-;;;;3-2+;;;;;;;;;;;;;;;;;;;;;;;;;;;;;;;/i;;;;;;;;;;;25*1+1D;5*1+1. The van der Waals surface area contributed by atoms with Gasteiger partial charge in [-0.05, 0) is 180 Å². The van der Waals surface area contributed by atoms with Gasteiger partial charge < -0.3 is 56.6 Å². The predicted octanol–water partition coefficient (Wildman–Crippen LogP) is 25.6. The molecule has 0 aliphatic heterocycles. The van der Waals surface area contributed by atoms with Crippen LogP contribution < -0.4 is 5.32 Å². The number of aliphatic hydroxyl groups excluding tert-OH is 3. The summed E-state index contributed by atoms with van der Waals surface area (Å²) in [6.07, 6.45) is 63.4. The van der Waals surface area contributed by atoms with Crippen LogP contribution in [0.5, 0.6) is 0 Å². The Morgan fingerprint density at radius 2 is 0.778 bits per heavy atom. The number of amides is 1. The van der Waals surface area contributed by atoms with E-state index in [1.165, 1.54) is 47.6 Å². The number of Topliss-reactive ketones (excluding diaryl/α,β-unsaturated/α-hetero) is 9. The SMILES string of the molecule is C/C=C/C=C\CCC(=O)CC(C)=O.C/C=C/C=C\CCC(=O)O.C/C=C/C=C\CCC(=O)OC(C)=O.C/C=C/C=C\CCC(C)=O.C/C=C/C=C\CCC(O)CC(=O)NCC(C)C.C/C=C/C=C\CCC(O)CC(C)=O.C/C=C/C=O.CC(=O)CC(=O)CO.CC(C)=O.CCCCC(C)=O.[2HH].[2HH].[2HH].[2HH].[2HH].[2H][2H].[2H][2H].[2H][2H].[2H][2H].[2H][2H].[2H][2H].[2H][2H].[2H][2H].[2H][2H].[2H][2H].[2H][2H].[2H][2H].[2H][2H].[2H][2H].[2H][2H].[2H][2H].[2H][2H].[2H][2H].[2H][2H].[2H][2H].[2H][2H].[2H][2H].[2H][2H].[2H][2H].[2H][2H].[CH2-]CCCCC(C)=O. The fourth-order valence-electron chi connectivity index (χ4n) is 6.34. The van der Waals surface area contributed by atoms with Crippen LogP contribution in [0.1, 0.15) is 361 Å². The van der Waals surface area contributed by atoms with Crippen LogP contribution in [-0.4, -0.2) is 128 Å². The number of rotatable bonds is 43. The third-order valence-electron chi connectivity index (χ3n) is 11.4. The monoisotopic (exact) mass is 1630 g/mol. The van der Waals surface area contributed by atoms with Crippen molar-refractivity contribution >= 4 is 82.2 Å². The van der Waals surface area contributed by atoms with Gasteiger partial charge in [0.15, 0.2) is 5.78 Å². The van der Waals surface area contributed by atoms with Crippen molar-refractivity contribution in [2.75, 3.05) is 13.2 Å². The number of allylic oxidation sites excluding steroid dienone is 26. The molecule has 0 spiro atoms. The summed E-state index contributed by atoms with van der Waals surface area (Å²) >= 11 is 0. The molecule has 0 aromatic heterocycles. The number of carbonyl (C=O) groups is 14. The van der Waals surface area contributed by atoms with E-state index in [-0.39, 0.29) is 86.3 Å². The van der Waals surface area contributed by atoms with Gasteiger partial charge in [-0.2, -0.15) is 6.42 Å². The van der Waals surface area contributed by atoms with Gasteiger partial charge >= 0.3 is 17.9 Å². The Hall–Kier alpha value is -8.72. The summed E-state index contributed by atoms with van der Waals surface area (Å²) in [5, 5.41) is 38.0. The molecule has 20 heteroatoms. The van der Waals surface area contributed by atoms with Crippen molar-refractivity contribution in [3.8, 4) is 0 Å². The van der Waals surface area contributed by atoms with E-state index in [1.54, 1.807) is 33.8 Å². The van der Waals surface area contributed by atoms with Crippen molar-refractivity contribution in [2.24, 2.45) is 5.92 Å². The van der Waals surface area contributed by atoms with Gasteiger partial charge in [-0.25, -0.2) is 0 Å². The Morgan fingerprint density at radius 1 is 0.435 bits per heavy atom. The molecule has 20 nitrogen and oxygen atoms in total. The highest BCUT2D eigenvalue weighted by molar-refractivity contribution is 5.98. The van der Waals surface area contributed by atoms with Crippen molar-refractivity contribution < 1.29 is 174 Å². The van der Waals surface area contributed by atoms with Gasteiger partial charge in [-0.15, -0.1) is 0 Å². The molecule has 2 unspecified atom stereocenters. The van der Waals surface area contributed by atoms with E-state index in [1.807, 2.05) is 201 Å². The number of hydrogen-bond donors (Lipinski definition) is 5. The van der Waals surface area contributed by atoms with Crippen LogP contribution in [0.25, 0.3) is 0 Å².